The van der Waals surface area contributed by atoms with Crippen molar-refractivity contribution in [3.05, 3.63) is 33.1 Å². The minimum absolute atomic E-state index is 0.425. The lowest BCUT2D eigenvalue weighted by atomic mass is 10.1. The standard InChI is InChI=1S/C10H15N2O13P3/c1-4-6-7(22-9(4)12-3-2-5(13)11-10(12)14)8(6)23-27(18,19)25-28(20,21)24-26(15,16)17/h2-4,6-9H,1H3,(H,18,19)(H,20,21)(H,11,13,14)(H2,15,16,17)/t4-,6?,7-,8?,9+/m0/s1. The van der Waals surface area contributed by atoms with Crippen LogP contribution in [-0.4, -0.2) is 41.3 Å². The highest BCUT2D eigenvalue weighted by atomic mass is 31.3. The molecule has 158 valence electrons. The van der Waals surface area contributed by atoms with Crippen molar-refractivity contribution in [1.29, 1.82) is 0 Å². The molecule has 3 rings (SSSR count). The Morgan fingerprint density at radius 3 is 2.25 bits per heavy atom. The van der Waals surface area contributed by atoms with Crippen LogP contribution in [0.1, 0.15) is 13.2 Å². The molecule has 1 saturated carbocycles. The molecule has 1 aliphatic heterocycles. The number of H-pyrrole nitrogens is 1. The minimum atomic E-state index is -5.60. The van der Waals surface area contributed by atoms with Gasteiger partial charge in [-0.15, -0.1) is 0 Å². The zero-order valence-electron chi connectivity index (χ0n) is 13.8. The number of phosphoric acid groups is 3. The molecule has 5 N–H and O–H groups in total. The summed E-state index contributed by atoms with van der Waals surface area (Å²) in [5.41, 5.74) is -1.31. The zero-order valence-corrected chi connectivity index (χ0v) is 16.5. The largest absolute Gasteiger partial charge is 0.490 e. The van der Waals surface area contributed by atoms with E-state index in [4.69, 9.17) is 23.9 Å². The molecule has 0 spiro atoms. The van der Waals surface area contributed by atoms with Crippen LogP contribution >= 0.6 is 23.5 Å². The first-order valence-electron chi connectivity index (χ1n) is 7.48. The van der Waals surface area contributed by atoms with Crippen LogP contribution < -0.4 is 11.2 Å². The lowest BCUT2D eigenvalue weighted by molar-refractivity contribution is -0.0329. The van der Waals surface area contributed by atoms with Crippen LogP contribution in [0.4, 0.5) is 0 Å². The Hall–Kier alpha value is -0.950. The molecule has 4 unspecified atom stereocenters. The molecular formula is C10H15N2O13P3. The lowest BCUT2D eigenvalue weighted by Gasteiger charge is -2.23. The van der Waals surface area contributed by atoms with Crippen molar-refractivity contribution in [2.45, 2.75) is 25.4 Å². The fourth-order valence-electron chi connectivity index (χ4n) is 3.05. The van der Waals surface area contributed by atoms with E-state index >= 15 is 0 Å². The van der Waals surface area contributed by atoms with Gasteiger partial charge in [-0.25, -0.2) is 18.5 Å². The van der Waals surface area contributed by atoms with Gasteiger partial charge in [0.2, 0.25) is 0 Å². The molecule has 1 aromatic heterocycles. The third-order valence-electron chi connectivity index (χ3n) is 4.09. The summed E-state index contributed by atoms with van der Waals surface area (Å²) < 4.78 is 52.4. The highest BCUT2D eigenvalue weighted by Crippen LogP contribution is 2.69. The van der Waals surface area contributed by atoms with Gasteiger partial charge in [0.15, 0.2) is 0 Å². The summed E-state index contributed by atoms with van der Waals surface area (Å²) in [5.74, 6) is -0.917. The monoisotopic (exact) mass is 464 g/mol. The Balaban J connectivity index is 1.64. The fraction of sp³-hybridized carbons (Fsp3) is 0.600. The minimum Gasteiger partial charge on any atom is -0.351 e. The molecule has 18 heteroatoms. The molecular weight excluding hydrogens is 449 g/mol. The number of rotatable bonds is 7. The van der Waals surface area contributed by atoms with Crippen LogP contribution in [0.5, 0.6) is 0 Å². The molecule has 1 aliphatic carbocycles. The third kappa shape index (κ3) is 4.78. The van der Waals surface area contributed by atoms with Crippen molar-refractivity contribution in [2.24, 2.45) is 11.8 Å². The molecule has 0 aromatic carbocycles. The smallest absolute Gasteiger partial charge is 0.351 e. The highest BCUT2D eigenvalue weighted by molar-refractivity contribution is 7.66. The Morgan fingerprint density at radius 2 is 1.75 bits per heavy atom. The van der Waals surface area contributed by atoms with E-state index in [9.17, 15) is 28.2 Å². The van der Waals surface area contributed by atoms with Gasteiger partial charge in [-0.1, -0.05) is 6.92 Å². The Kier molecular flexibility index (Phi) is 5.50. The van der Waals surface area contributed by atoms with Gasteiger partial charge < -0.3 is 24.3 Å². The molecule has 0 bridgehead atoms. The lowest BCUT2D eigenvalue weighted by Crippen LogP contribution is -2.34. The molecule has 2 aliphatic rings. The van der Waals surface area contributed by atoms with Crippen LogP contribution in [0, 0.1) is 11.8 Å². The third-order valence-corrected chi connectivity index (χ3v) is 7.93. The Labute approximate surface area is 155 Å². The van der Waals surface area contributed by atoms with E-state index in [2.05, 4.69) is 13.6 Å². The first-order valence-corrected chi connectivity index (χ1v) is 12.0. The second-order valence-corrected chi connectivity index (χ2v) is 10.5. The van der Waals surface area contributed by atoms with E-state index in [1.807, 2.05) is 0 Å². The second kappa shape index (κ2) is 7.08. The maximum Gasteiger partial charge on any atom is 0.490 e. The summed E-state index contributed by atoms with van der Waals surface area (Å²) in [4.78, 5) is 60.6. The molecule has 1 aromatic rings. The number of aromatic amines is 1. The second-order valence-electron chi connectivity index (χ2n) is 6.11. The molecule has 2 fully saturated rings. The van der Waals surface area contributed by atoms with Crippen molar-refractivity contribution in [2.75, 3.05) is 0 Å². The van der Waals surface area contributed by atoms with E-state index in [1.54, 1.807) is 6.92 Å². The molecule has 28 heavy (non-hydrogen) atoms. The topological polar surface area (TPSA) is 224 Å². The summed E-state index contributed by atoms with van der Waals surface area (Å²) in [6.07, 6.45) is -1.37. The van der Waals surface area contributed by atoms with E-state index < -0.39 is 65.0 Å². The van der Waals surface area contributed by atoms with Gasteiger partial charge >= 0.3 is 29.2 Å². The van der Waals surface area contributed by atoms with Gasteiger partial charge in [-0.2, -0.15) is 8.62 Å². The quantitative estimate of drug-likeness (QED) is 0.319. The molecule has 2 heterocycles. The van der Waals surface area contributed by atoms with Crippen LogP contribution in [0.25, 0.3) is 0 Å². The van der Waals surface area contributed by atoms with Gasteiger partial charge in [0, 0.05) is 24.1 Å². The van der Waals surface area contributed by atoms with Crippen LogP contribution in [0.15, 0.2) is 21.9 Å². The van der Waals surface area contributed by atoms with Gasteiger partial charge in [0.1, 0.15) is 12.3 Å². The summed E-state index contributed by atoms with van der Waals surface area (Å²) in [6.45, 7) is 1.65. The number of nitrogens with one attached hydrogen (secondary N) is 1. The average Bonchev–Trinajstić information content (AvgIpc) is 2.98. The van der Waals surface area contributed by atoms with Crippen molar-refractivity contribution < 1.29 is 51.2 Å². The normalized spacial score (nSPS) is 33.7. The predicted molar refractivity (Wildman–Crippen MR) is 86.6 cm³/mol. The number of nitrogens with zero attached hydrogens (tertiary/aromatic N) is 1. The van der Waals surface area contributed by atoms with E-state index in [0.717, 1.165) is 10.6 Å². The van der Waals surface area contributed by atoms with Crippen molar-refractivity contribution in [3.63, 3.8) is 0 Å². The molecule has 1 saturated heterocycles. The fourth-order valence-corrected chi connectivity index (χ4v) is 6.28. The summed E-state index contributed by atoms with van der Waals surface area (Å²) in [6, 6.07) is 1.12. The predicted octanol–water partition coefficient (Wildman–Crippen LogP) is -0.588. The molecule has 0 amide bonds. The van der Waals surface area contributed by atoms with Crippen LogP contribution in [0.3, 0.4) is 0 Å². The van der Waals surface area contributed by atoms with Gasteiger partial charge in [-0.05, 0) is 0 Å². The van der Waals surface area contributed by atoms with E-state index in [-0.39, 0.29) is 0 Å². The summed E-state index contributed by atoms with van der Waals surface area (Å²) in [7, 11) is -16.3. The number of hydrogen-bond donors (Lipinski definition) is 5. The average molecular weight is 464 g/mol. The SMILES string of the molecule is C[C@H]1C2C(OP(=O)(O)OP(=O)(O)OP(=O)(O)O)[C@H]2O[C@H]1n1ccc(=O)[nH]c1=O. The van der Waals surface area contributed by atoms with Crippen molar-refractivity contribution >= 4 is 23.5 Å². The van der Waals surface area contributed by atoms with Crippen LogP contribution in [-0.2, 0) is 31.6 Å². The van der Waals surface area contributed by atoms with E-state index in [1.165, 1.54) is 6.20 Å². The Morgan fingerprint density at radius 1 is 1.11 bits per heavy atom. The zero-order chi connectivity index (χ0) is 21.1. The number of phosphoric ester groups is 1. The summed E-state index contributed by atoms with van der Waals surface area (Å²) in [5, 5.41) is 0. The number of hydrogen-bond acceptors (Lipinski definition) is 9. The first-order chi connectivity index (χ1) is 12.7. The van der Waals surface area contributed by atoms with Gasteiger partial charge in [-0.3, -0.25) is 18.9 Å². The molecule has 15 nitrogen and oxygen atoms in total. The molecule has 7 atom stereocenters. The Bertz CT molecular complexity index is 1030. The number of fused-ring (bicyclic) bond motifs is 1. The van der Waals surface area contributed by atoms with Crippen molar-refractivity contribution in [3.8, 4) is 0 Å². The molecule has 0 radical (unpaired) electrons. The summed E-state index contributed by atoms with van der Waals surface area (Å²) >= 11 is 0. The van der Waals surface area contributed by atoms with Gasteiger partial charge in [0.05, 0.1) is 6.10 Å². The van der Waals surface area contributed by atoms with Crippen LogP contribution in [0.2, 0.25) is 0 Å². The highest BCUT2D eigenvalue weighted by Gasteiger charge is 2.66. The maximum atomic E-state index is 11.8. The number of ether oxygens (including phenoxy) is 1. The van der Waals surface area contributed by atoms with Gasteiger partial charge in [0.25, 0.3) is 5.56 Å². The number of aromatic nitrogens is 2. The van der Waals surface area contributed by atoms with E-state index in [0.29, 0.717) is 0 Å². The van der Waals surface area contributed by atoms with Crippen molar-refractivity contribution in [1.82, 2.24) is 9.55 Å². The first kappa shape index (κ1) is 21.8. The maximum absolute atomic E-state index is 11.8.